The summed E-state index contributed by atoms with van der Waals surface area (Å²) in [5.74, 6) is -1.99. The molecular formula is C25H28FN3O2. The second-order valence-electron chi connectivity index (χ2n) is 8.81. The fourth-order valence-electron chi connectivity index (χ4n) is 3.87. The predicted octanol–water partition coefficient (Wildman–Crippen LogP) is 4.54. The zero-order chi connectivity index (χ0) is 22.6. The molecule has 0 aliphatic heterocycles. The summed E-state index contributed by atoms with van der Waals surface area (Å²) in [5.41, 5.74) is 8.52. The summed E-state index contributed by atoms with van der Waals surface area (Å²) in [4.78, 5) is 21.4. The van der Waals surface area contributed by atoms with Crippen molar-refractivity contribution >= 4 is 5.97 Å². The molecule has 3 rings (SSSR count). The summed E-state index contributed by atoms with van der Waals surface area (Å²) in [7, 11) is 0. The van der Waals surface area contributed by atoms with Gasteiger partial charge in [-0.3, -0.25) is 4.79 Å². The summed E-state index contributed by atoms with van der Waals surface area (Å²) in [6.07, 6.45) is 2.17. The van der Waals surface area contributed by atoms with E-state index in [0.717, 1.165) is 11.1 Å². The van der Waals surface area contributed by atoms with E-state index in [1.807, 2.05) is 45.0 Å². The van der Waals surface area contributed by atoms with Crippen LogP contribution in [0.1, 0.15) is 54.9 Å². The Balaban J connectivity index is 2.03. The molecule has 0 saturated heterocycles. The molecule has 162 valence electrons. The number of carboxylic acid groups (broad SMARTS) is 1. The third-order valence-electron chi connectivity index (χ3n) is 5.43. The van der Waals surface area contributed by atoms with Crippen LogP contribution in [0.4, 0.5) is 4.39 Å². The van der Waals surface area contributed by atoms with Crippen LogP contribution in [0.15, 0.2) is 60.8 Å². The molecule has 6 heteroatoms. The Kier molecular flexibility index (Phi) is 6.81. The number of carboxylic acids is 1. The largest absolute Gasteiger partial charge is 0.481 e. The third-order valence-corrected chi connectivity index (χ3v) is 5.43. The molecule has 5 nitrogen and oxygen atoms in total. The second-order valence-corrected chi connectivity index (χ2v) is 8.81. The van der Waals surface area contributed by atoms with E-state index in [0.29, 0.717) is 30.0 Å². The lowest BCUT2D eigenvalue weighted by molar-refractivity contribution is -0.146. The Hall–Kier alpha value is -3.12. The van der Waals surface area contributed by atoms with Gasteiger partial charge in [-0.25, -0.2) is 14.4 Å². The highest BCUT2D eigenvalue weighted by molar-refractivity contribution is 5.73. The number of carbonyl (C=O) groups is 1. The Morgan fingerprint density at radius 3 is 2.19 bits per heavy atom. The fraction of sp³-hybridized carbons (Fsp3) is 0.320. The Labute approximate surface area is 182 Å². The molecule has 0 aliphatic rings. The Morgan fingerprint density at radius 2 is 1.65 bits per heavy atom. The first kappa shape index (κ1) is 22.6. The number of hydrogen-bond acceptors (Lipinski definition) is 4. The fourth-order valence-corrected chi connectivity index (χ4v) is 3.87. The number of hydrogen-bond donors (Lipinski definition) is 2. The van der Waals surface area contributed by atoms with Crippen LogP contribution in [0.5, 0.6) is 0 Å². The van der Waals surface area contributed by atoms with Gasteiger partial charge >= 0.3 is 5.97 Å². The summed E-state index contributed by atoms with van der Waals surface area (Å²) in [5, 5.41) is 10.1. The molecule has 0 amide bonds. The first-order valence-corrected chi connectivity index (χ1v) is 10.3. The predicted molar refractivity (Wildman–Crippen MR) is 118 cm³/mol. The van der Waals surface area contributed by atoms with Crippen LogP contribution in [-0.4, -0.2) is 21.0 Å². The number of halogens is 1. The van der Waals surface area contributed by atoms with Gasteiger partial charge in [-0.05, 0) is 40.3 Å². The SMILES string of the molecule is CC(C)(C)C(C(=O)O)C(c1ccc(F)cc1)c1ccnc(Cc2ccc(CN)cc2)n1. The topological polar surface area (TPSA) is 89.1 Å². The van der Waals surface area contributed by atoms with Gasteiger partial charge < -0.3 is 10.8 Å². The standard InChI is InChI=1S/C25H28FN3O2/c1-25(2,3)23(24(30)31)22(18-8-10-19(26)11-9-18)20-12-13-28-21(29-20)14-16-4-6-17(15-27)7-5-16/h4-13,22-23H,14-15,27H2,1-3H3,(H,30,31). The number of rotatable bonds is 7. The van der Waals surface area contributed by atoms with E-state index in [4.69, 9.17) is 10.7 Å². The highest BCUT2D eigenvalue weighted by atomic mass is 19.1. The molecule has 0 fully saturated rings. The highest BCUT2D eigenvalue weighted by Gasteiger charge is 2.40. The molecule has 0 saturated carbocycles. The lowest BCUT2D eigenvalue weighted by Crippen LogP contribution is -2.35. The van der Waals surface area contributed by atoms with Gasteiger partial charge in [0.15, 0.2) is 0 Å². The van der Waals surface area contributed by atoms with E-state index in [-0.39, 0.29) is 5.82 Å². The lowest BCUT2D eigenvalue weighted by atomic mass is 9.69. The average Bonchev–Trinajstić information content (AvgIpc) is 2.72. The van der Waals surface area contributed by atoms with Crippen molar-refractivity contribution < 1.29 is 14.3 Å². The van der Waals surface area contributed by atoms with Crippen molar-refractivity contribution in [2.24, 2.45) is 17.1 Å². The number of nitrogens with two attached hydrogens (primary N) is 1. The van der Waals surface area contributed by atoms with Crippen molar-refractivity contribution in [3.8, 4) is 0 Å². The number of aliphatic carboxylic acids is 1. The summed E-state index contributed by atoms with van der Waals surface area (Å²) < 4.78 is 13.6. The van der Waals surface area contributed by atoms with Gasteiger partial charge in [0.1, 0.15) is 11.6 Å². The first-order valence-electron chi connectivity index (χ1n) is 10.3. The van der Waals surface area contributed by atoms with E-state index in [2.05, 4.69) is 4.98 Å². The first-order chi connectivity index (χ1) is 14.7. The zero-order valence-corrected chi connectivity index (χ0v) is 18.0. The van der Waals surface area contributed by atoms with Crippen LogP contribution in [0.25, 0.3) is 0 Å². The number of benzene rings is 2. The Bertz CT molecular complexity index is 1030. The average molecular weight is 422 g/mol. The van der Waals surface area contributed by atoms with Crippen molar-refractivity contribution in [2.45, 2.75) is 39.7 Å². The molecule has 0 spiro atoms. The van der Waals surface area contributed by atoms with Gasteiger partial charge in [-0.15, -0.1) is 0 Å². The van der Waals surface area contributed by atoms with Gasteiger partial charge in [0, 0.05) is 25.1 Å². The van der Waals surface area contributed by atoms with Crippen LogP contribution in [0.3, 0.4) is 0 Å². The van der Waals surface area contributed by atoms with Crippen molar-refractivity contribution in [1.29, 1.82) is 0 Å². The van der Waals surface area contributed by atoms with Gasteiger partial charge in [0.2, 0.25) is 0 Å². The Morgan fingerprint density at radius 1 is 1.03 bits per heavy atom. The van der Waals surface area contributed by atoms with Crippen molar-refractivity contribution in [2.75, 3.05) is 0 Å². The molecule has 31 heavy (non-hydrogen) atoms. The molecule has 3 aromatic rings. The molecule has 0 bridgehead atoms. The second kappa shape index (κ2) is 9.35. The van der Waals surface area contributed by atoms with Crippen molar-refractivity contribution in [1.82, 2.24) is 9.97 Å². The lowest BCUT2D eigenvalue weighted by Gasteiger charge is -2.34. The summed E-state index contributed by atoms with van der Waals surface area (Å²) in [6.45, 7) is 6.16. The van der Waals surface area contributed by atoms with Gasteiger partial charge in [-0.2, -0.15) is 0 Å². The molecule has 0 radical (unpaired) electrons. The monoisotopic (exact) mass is 421 g/mol. The maximum absolute atomic E-state index is 13.6. The maximum Gasteiger partial charge on any atom is 0.308 e. The van der Waals surface area contributed by atoms with Crippen LogP contribution in [0.2, 0.25) is 0 Å². The maximum atomic E-state index is 13.6. The molecule has 1 aromatic heterocycles. The normalized spacial score (nSPS) is 13.6. The number of aromatic nitrogens is 2. The molecule has 2 aromatic carbocycles. The minimum Gasteiger partial charge on any atom is -0.481 e. The highest BCUT2D eigenvalue weighted by Crippen LogP contribution is 2.41. The molecule has 2 atom stereocenters. The summed E-state index contributed by atoms with van der Waals surface area (Å²) in [6, 6.07) is 15.6. The smallest absolute Gasteiger partial charge is 0.308 e. The van der Waals surface area contributed by atoms with Crippen LogP contribution in [0, 0.1) is 17.2 Å². The minimum absolute atomic E-state index is 0.366. The van der Waals surface area contributed by atoms with E-state index in [1.165, 1.54) is 12.1 Å². The van der Waals surface area contributed by atoms with Crippen LogP contribution < -0.4 is 5.73 Å². The van der Waals surface area contributed by atoms with Gasteiger partial charge in [0.25, 0.3) is 0 Å². The van der Waals surface area contributed by atoms with Gasteiger partial charge in [0.05, 0.1) is 11.6 Å². The number of nitrogens with zero attached hydrogens (tertiary/aromatic N) is 2. The van der Waals surface area contributed by atoms with E-state index >= 15 is 0 Å². The van der Waals surface area contributed by atoms with E-state index in [1.54, 1.807) is 24.4 Å². The molecule has 0 aliphatic carbocycles. The minimum atomic E-state index is -0.917. The van der Waals surface area contributed by atoms with Crippen molar-refractivity contribution in [3.63, 3.8) is 0 Å². The third kappa shape index (κ3) is 5.52. The summed E-state index contributed by atoms with van der Waals surface area (Å²) >= 11 is 0. The van der Waals surface area contributed by atoms with Crippen LogP contribution in [-0.2, 0) is 17.8 Å². The van der Waals surface area contributed by atoms with Gasteiger partial charge in [-0.1, -0.05) is 57.2 Å². The van der Waals surface area contributed by atoms with E-state index in [9.17, 15) is 14.3 Å². The molecule has 2 unspecified atom stereocenters. The van der Waals surface area contributed by atoms with Crippen molar-refractivity contribution in [3.05, 3.63) is 94.8 Å². The zero-order valence-electron chi connectivity index (χ0n) is 18.0. The van der Waals surface area contributed by atoms with E-state index < -0.39 is 23.2 Å². The molecule has 3 N–H and O–H groups in total. The quantitative estimate of drug-likeness (QED) is 0.584. The molecule has 1 heterocycles. The molecular weight excluding hydrogens is 393 g/mol. The van der Waals surface area contributed by atoms with Crippen LogP contribution >= 0.6 is 0 Å².